The minimum Gasteiger partial charge on any atom is -0.368 e. The van der Waals surface area contributed by atoms with E-state index in [0.717, 1.165) is 5.82 Å². The Labute approximate surface area is 89.0 Å². The van der Waals surface area contributed by atoms with E-state index in [1.54, 1.807) is 6.26 Å². The Morgan fingerprint density at radius 1 is 1.85 bits per heavy atom. The third kappa shape index (κ3) is 3.62. The smallest absolute Gasteiger partial charge is 0.185 e. The summed E-state index contributed by atoms with van der Waals surface area (Å²) in [7, 11) is -0.797. The minimum absolute atomic E-state index is 0.125. The van der Waals surface area contributed by atoms with Crippen molar-refractivity contribution in [3.05, 3.63) is 9.85 Å². The lowest BCUT2D eigenvalue weighted by Gasteiger charge is -2.08. The monoisotopic (exact) mass is 238 g/mol. The molecular formula is C7H11ClN2OS2. The first-order valence-corrected chi connectivity index (χ1v) is 6.64. The maximum Gasteiger partial charge on any atom is 0.185 e. The summed E-state index contributed by atoms with van der Waals surface area (Å²) in [6.45, 7) is 2.58. The van der Waals surface area contributed by atoms with Crippen molar-refractivity contribution in [3.8, 4) is 0 Å². The lowest BCUT2D eigenvalue weighted by molar-refractivity contribution is 0.679. The number of hydrogen-bond acceptors (Lipinski definition) is 4. The molecule has 1 aromatic rings. The van der Waals surface area contributed by atoms with Crippen molar-refractivity contribution in [2.75, 3.05) is 18.1 Å². The number of rotatable bonds is 4. The predicted molar refractivity (Wildman–Crippen MR) is 59.1 cm³/mol. The van der Waals surface area contributed by atoms with E-state index in [1.165, 1.54) is 11.3 Å². The fraction of sp³-hybridized carbons (Fsp3) is 0.571. The van der Waals surface area contributed by atoms with Crippen LogP contribution in [0.25, 0.3) is 0 Å². The van der Waals surface area contributed by atoms with Crippen LogP contribution in [0, 0.1) is 0 Å². The zero-order valence-electron chi connectivity index (χ0n) is 7.41. The van der Waals surface area contributed by atoms with Crippen molar-refractivity contribution in [1.82, 2.24) is 4.98 Å². The normalized spacial score (nSPS) is 15.3. The molecule has 6 heteroatoms. The van der Waals surface area contributed by atoms with Gasteiger partial charge in [0, 0.05) is 34.2 Å². The van der Waals surface area contributed by atoms with Crippen molar-refractivity contribution < 1.29 is 4.21 Å². The van der Waals surface area contributed by atoms with Gasteiger partial charge in [-0.25, -0.2) is 4.98 Å². The summed E-state index contributed by atoms with van der Waals surface area (Å²) in [5, 5.41) is 5.03. The predicted octanol–water partition coefficient (Wildman–Crippen LogP) is 1.98. The third-order valence-corrected chi connectivity index (χ3v) is 3.89. The molecule has 0 aromatic carbocycles. The Morgan fingerprint density at radius 3 is 3.00 bits per heavy atom. The van der Waals surface area contributed by atoms with Crippen molar-refractivity contribution >= 4 is 39.6 Å². The van der Waals surface area contributed by atoms with Crippen LogP contribution in [0.5, 0.6) is 0 Å². The SMILES string of the molecule is CC(CNc1csc(Cl)n1)S(C)=O. The average Bonchev–Trinajstić information content (AvgIpc) is 2.47. The summed E-state index contributed by atoms with van der Waals surface area (Å²) in [5.41, 5.74) is 0. The summed E-state index contributed by atoms with van der Waals surface area (Å²) in [4.78, 5) is 4.02. The molecule has 13 heavy (non-hydrogen) atoms. The third-order valence-electron chi connectivity index (χ3n) is 1.61. The number of aromatic nitrogens is 1. The number of hydrogen-bond donors (Lipinski definition) is 1. The number of thiazole rings is 1. The average molecular weight is 239 g/mol. The van der Waals surface area contributed by atoms with Gasteiger partial charge >= 0.3 is 0 Å². The molecule has 1 heterocycles. The van der Waals surface area contributed by atoms with Gasteiger partial charge in [0.25, 0.3) is 0 Å². The van der Waals surface area contributed by atoms with Gasteiger partial charge < -0.3 is 5.32 Å². The Morgan fingerprint density at radius 2 is 2.54 bits per heavy atom. The molecule has 0 aliphatic heterocycles. The summed E-state index contributed by atoms with van der Waals surface area (Å²) in [5.74, 6) is 0.757. The highest BCUT2D eigenvalue weighted by Crippen LogP contribution is 2.18. The molecule has 0 radical (unpaired) electrons. The standard InChI is InChI=1S/C7H11ClN2OS2/c1-5(13(2)11)3-9-6-4-12-7(8)10-6/h4-5,9H,3H2,1-2H3. The second-order valence-corrected chi connectivity index (χ2v) is 5.92. The molecule has 1 rings (SSSR count). The number of anilines is 1. The van der Waals surface area contributed by atoms with E-state index in [4.69, 9.17) is 11.6 Å². The first-order chi connectivity index (χ1) is 6.09. The Bertz CT molecular complexity index is 302. The molecule has 0 bridgehead atoms. The van der Waals surface area contributed by atoms with Crippen LogP contribution in [-0.4, -0.2) is 27.2 Å². The maximum absolute atomic E-state index is 11.0. The van der Waals surface area contributed by atoms with Gasteiger partial charge in [-0.1, -0.05) is 11.6 Å². The van der Waals surface area contributed by atoms with Crippen LogP contribution in [0.1, 0.15) is 6.92 Å². The maximum atomic E-state index is 11.0. The number of nitrogens with zero attached hydrogens (tertiary/aromatic N) is 1. The van der Waals surface area contributed by atoms with Gasteiger partial charge in [-0.2, -0.15) is 0 Å². The highest BCUT2D eigenvalue weighted by Gasteiger charge is 2.06. The molecule has 0 aliphatic rings. The van der Waals surface area contributed by atoms with E-state index in [2.05, 4.69) is 10.3 Å². The van der Waals surface area contributed by atoms with E-state index >= 15 is 0 Å². The van der Waals surface area contributed by atoms with Gasteiger partial charge in [0.05, 0.1) is 0 Å². The van der Waals surface area contributed by atoms with Crippen molar-refractivity contribution in [3.63, 3.8) is 0 Å². The van der Waals surface area contributed by atoms with Gasteiger partial charge in [0.15, 0.2) is 4.47 Å². The van der Waals surface area contributed by atoms with Crippen molar-refractivity contribution in [2.24, 2.45) is 0 Å². The summed E-state index contributed by atoms with van der Waals surface area (Å²) in [6.07, 6.45) is 1.69. The number of halogens is 1. The van der Waals surface area contributed by atoms with E-state index in [-0.39, 0.29) is 5.25 Å². The van der Waals surface area contributed by atoms with Crippen LogP contribution in [0.4, 0.5) is 5.82 Å². The first kappa shape index (κ1) is 10.9. The van der Waals surface area contributed by atoms with Gasteiger partial charge in [0.1, 0.15) is 5.82 Å². The fourth-order valence-corrected chi connectivity index (χ4v) is 1.74. The lowest BCUT2D eigenvalue weighted by Crippen LogP contribution is -2.20. The highest BCUT2D eigenvalue weighted by atomic mass is 35.5. The lowest BCUT2D eigenvalue weighted by atomic mass is 10.5. The minimum atomic E-state index is -0.797. The van der Waals surface area contributed by atoms with Crippen molar-refractivity contribution in [2.45, 2.75) is 12.2 Å². The quantitative estimate of drug-likeness (QED) is 0.872. The second kappa shape index (κ2) is 4.93. The molecule has 1 aromatic heterocycles. The largest absolute Gasteiger partial charge is 0.368 e. The molecule has 74 valence electrons. The zero-order chi connectivity index (χ0) is 9.84. The zero-order valence-corrected chi connectivity index (χ0v) is 9.80. The van der Waals surface area contributed by atoms with E-state index in [0.29, 0.717) is 11.0 Å². The molecule has 0 fully saturated rings. The molecule has 0 saturated carbocycles. The van der Waals surface area contributed by atoms with Crippen LogP contribution >= 0.6 is 22.9 Å². The van der Waals surface area contributed by atoms with Crippen LogP contribution in [0.3, 0.4) is 0 Å². The van der Waals surface area contributed by atoms with Crippen molar-refractivity contribution in [1.29, 1.82) is 0 Å². The molecule has 3 nitrogen and oxygen atoms in total. The fourth-order valence-electron chi connectivity index (χ4n) is 0.699. The van der Waals surface area contributed by atoms with Gasteiger partial charge in [0.2, 0.25) is 0 Å². The molecule has 0 amide bonds. The Hall–Kier alpha value is -0.130. The van der Waals surface area contributed by atoms with Gasteiger partial charge in [-0.15, -0.1) is 11.3 Å². The van der Waals surface area contributed by atoms with Crippen LogP contribution in [0.2, 0.25) is 4.47 Å². The summed E-state index contributed by atoms with van der Waals surface area (Å²) < 4.78 is 11.5. The molecule has 0 saturated heterocycles. The van der Waals surface area contributed by atoms with Crippen LogP contribution in [-0.2, 0) is 10.8 Å². The molecule has 0 aliphatic carbocycles. The molecule has 1 N–H and O–H groups in total. The molecule has 2 unspecified atom stereocenters. The summed E-state index contributed by atoms with van der Waals surface area (Å²) in [6, 6.07) is 0. The van der Waals surface area contributed by atoms with E-state index in [9.17, 15) is 4.21 Å². The van der Waals surface area contributed by atoms with Gasteiger partial charge in [-0.05, 0) is 6.92 Å². The Balaban J connectivity index is 2.39. The first-order valence-electron chi connectivity index (χ1n) is 3.76. The molecule has 0 spiro atoms. The second-order valence-electron chi connectivity index (χ2n) is 2.68. The molecule has 2 atom stereocenters. The van der Waals surface area contributed by atoms with Gasteiger partial charge in [-0.3, -0.25) is 4.21 Å². The van der Waals surface area contributed by atoms with E-state index in [1.807, 2.05) is 12.3 Å². The Kier molecular flexibility index (Phi) is 4.15. The van der Waals surface area contributed by atoms with Crippen LogP contribution < -0.4 is 5.32 Å². The topological polar surface area (TPSA) is 42.0 Å². The highest BCUT2D eigenvalue weighted by molar-refractivity contribution is 7.84. The van der Waals surface area contributed by atoms with E-state index < -0.39 is 10.8 Å². The number of nitrogens with one attached hydrogen (secondary N) is 1. The van der Waals surface area contributed by atoms with Crippen LogP contribution in [0.15, 0.2) is 5.38 Å². The molecular weight excluding hydrogens is 228 g/mol. The summed E-state index contributed by atoms with van der Waals surface area (Å²) >= 11 is 7.03.